The van der Waals surface area contributed by atoms with E-state index in [-0.39, 0.29) is 31.6 Å². The molecular weight excluding hydrogens is 703 g/mol. The SMILES string of the molecule is CCCCCCCCCCCCSC(C)C(=O)[O-].CCCCCCCCCCCCSC(C)C(=O)[O-].CCC[CH2][Sn+2][CH2]CCC. The molecule has 45 heavy (non-hydrogen) atoms. The maximum absolute atomic E-state index is 10.5. The summed E-state index contributed by atoms with van der Waals surface area (Å²) in [5.41, 5.74) is 0. The fourth-order valence-corrected chi connectivity index (χ4v) is 10.4. The first-order valence-electron chi connectivity index (χ1n) is 19.1. The molecule has 0 rings (SSSR count). The fourth-order valence-electron chi connectivity index (χ4n) is 4.56. The standard InChI is InChI=1S/2C15H30O2S.2C4H9.Sn/c2*1-3-4-5-6-7-8-9-10-11-12-13-18-14(2)15(16)17;2*1-3-4-2;/h2*14H,3-13H2,1-2H3,(H,16,17);2*1,3-4H2,2H3;/q;;;;+2/p-2. The first kappa shape index (κ1) is 49.8. The number of hydrogen-bond donors (Lipinski definition) is 0. The molecule has 0 N–H and O–H groups in total. The number of aliphatic carboxylic acids is 2. The van der Waals surface area contributed by atoms with Crippen LogP contribution in [0.4, 0.5) is 0 Å². The van der Waals surface area contributed by atoms with Crippen LogP contribution >= 0.6 is 23.5 Å². The van der Waals surface area contributed by atoms with Gasteiger partial charge in [0.1, 0.15) is 0 Å². The number of hydrogen-bond acceptors (Lipinski definition) is 6. The Morgan fingerprint density at radius 2 is 0.689 bits per heavy atom. The molecular formula is C38H76O4S2Sn. The quantitative estimate of drug-likeness (QED) is 0.0500. The molecule has 0 heterocycles. The van der Waals surface area contributed by atoms with E-state index in [9.17, 15) is 19.8 Å². The van der Waals surface area contributed by atoms with Gasteiger partial charge in [-0.05, 0) is 38.2 Å². The van der Waals surface area contributed by atoms with Crippen LogP contribution in [-0.2, 0) is 9.59 Å². The van der Waals surface area contributed by atoms with Crippen LogP contribution in [0.2, 0.25) is 8.87 Å². The van der Waals surface area contributed by atoms with Gasteiger partial charge in [0.15, 0.2) is 0 Å². The van der Waals surface area contributed by atoms with Crippen LogP contribution in [0.5, 0.6) is 0 Å². The number of thioether (sulfide) groups is 2. The Bertz CT molecular complexity index is 532. The van der Waals surface area contributed by atoms with Crippen LogP contribution in [0.25, 0.3) is 0 Å². The third-order valence-electron chi connectivity index (χ3n) is 7.81. The molecule has 0 saturated heterocycles. The van der Waals surface area contributed by atoms with E-state index in [1.54, 1.807) is 22.7 Å². The van der Waals surface area contributed by atoms with Gasteiger partial charge in [-0.3, -0.25) is 0 Å². The normalized spacial score (nSPS) is 11.9. The van der Waals surface area contributed by atoms with Crippen molar-refractivity contribution in [1.82, 2.24) is 0 Å². The summed E-state index contributed by atoms with van der Waals surface area (Å²) in [5.74, 6) is 0.0243. The molecule has 0 aromatic rings. The second-order valence-electron chi connectivity index (χ2n) is 12.5. The van der Waals surface area contributed by atoms with Gasteiger partial charge in [-0.25, -0.2) is 0 Å². The Morgan fingerprint density at radius 3 is 0.933 bits per heavy atom. The van der Waals surface area contributed by atoms with E-state index in [0.717, 1.165) is 24.3 Å². The summed E-state index contributed by atoms with van der Waals surface area (Å²) in [6.45, 7) is 12.5. The van der Waals surface area contributed by atoms with E-state index in [1.165, 1.54) is 165 Å². The van der Waals surface area contributed by atoms with Gasteiger partial charge in [-0.15, -0.1) is 0 Å². The Hall–Kier alpha value is 0.439. The van der Waals surface area contributed by atoms with E-state index >= 15 is 0 Å². The Morgan fingerprint density at radius 1 is 0.444 bits per heavy atom. The molecule has 0 amide bonds. The first-order valence-corrected chi connectivity index (χ1v) is 25.3. The average molecular weight is 780 g/mol. The van der Waals surface area contributed by atoms with Crippen molar-refractivity contribution in [2.75, 3.05) is 11.5 Å². The van der Waals surface area contributed by atoms with Gasteiger partial charge >= 0.3 is 69.5 Å². The van der Waals surface area contributed by atoms with Gasteiger partial charge in [0.25, 0.3) is 0 Å². The van der Waals surface area contributed by atoms with Crippen molar-refractivity contribution in [3.8, 4) is 0 Å². The second kappa shape index (κ2) is 44.4. The Labute approximate surface area is 301 Å². The Kier molecular flexibility index (Phi) is 49.2. The number of carbonyl (C=O) groups is 2. The van der Waals surface area contributed by atoms with Crippen LogP contribution in [0.3, 0.4) is 0 Å². The van der Waals surface area contributed by atoms with Crippen LogP contribution in [-0.4, -0.2) is 55.1 Å². The first-order chi connectivity index (χ1) is 21.8. The zero-order valence-electron chi connectivity index (χ0n) is 30.9. The Balaban J connectivity index is -0.000000622. The zero-order chi connectivity index (χ0) is 34.2. The molecule has 0 fully saturated rings. The van der Waals surface area contributed by atoms with Crippen molar-refractivity contribution in [3.63, 3.8) is 0 Å². The molecule has 0 aliphatic heterocycles. The summed E-state index contributed by atoms with van der Waals surface area (Å²) in [6, 6.07) is 0. The third kappa shape index (κ3) is 48.9. The van der Waals surface area contributed by atoms with E-state index < -0.39 is 11.9 Å². The number of carbonyl (C=O) groups excluding carboxylic acids is 2. The third-order valence-corrected chi connectivity index (χ3v) is 14.3. The molecule has 268 valence electrons. The molecule has 2 unspecified atom stereocenters. The van der Waals surface area contributed by atoms with Crippen molar-refractivity contribution in [2.24, 2.45) is 0 Å². The van der Waals surface area contributed by atoms with Crippen molar-refractivity contribution >= 4 is 56.6 Å². The molecule has 0 radical (unpaired) electrons. The van der Waals surface area contributed by atoms with Crippen molar-refractivity contribution in [2.45, 2.75) is 215 Å². The number of unbranched alkanes of at least 4 members (excludes halogenated alkanes) is 20. The molecule has 0 spiro atoms. The predicted molar refractivity (Wildman–Crippen MR) is 203 cm³/mol. The number of rotatable bonds is 32. The van der Waals surface area contributed by atoms with E-state index in [2.05, 4.69) is 27.7 Å². The van der Waals surface area contributed by atoms with Crippen molar-refractivity contribution < 1.29 is 19.8 Å². The van der Waals surface area contributed by atoms with Crippen molar-refractivity contribution in [3.05, 3.63) is 0 Å². The summed E-state index contributed by atoms with van der Waals surface area (Å²) < 4.78 is 3.25. The fraction of sp³-hybridized carbons (Fsp3) is 0.947. The summed E-state index contributed by atoms with van der Waals surface area (Å²) in [6.07, 6.45) is 32.4. The van der Waals surface area contributed by atoms with E-state index in [1.807, 2.05) is 0 Å². The molecule has 0 aliphatic carbocycles. The summed E-state index contributed by atoms with van der Waals surface area (Å²) in [7, 11) is 0. The van der Waals surface area contributed by atoms with Gasteiger partial charge in [-0.2, -0.15) is 23.5 Å². The van der Waals surface area contributed by atoms with Gasteiger partial charge in [-0.1, -0.05) is 129 Å². The van der Waals surface area contributed by atoms with E-state index in [4.69, 9.17) is 0 Å². The van der Waals surface area contributed by atoms with E-state index in [0.29, 0.717) is 0 Å². The molecule has 0 aromatic carbocycles. The molecule has 0 saturated carbocycles. The molecule has 0 bridgehead atoms. The molecule has 2 atom stereocenters. The maximum atomic E-state index is 10.5. The van der Waals surface area contributed by atoms with Gasteiger partial charge in [0.2, 0.25) is 0 Å². The zero-order valence-corrected chi connectivity index (χ0v) is 35.4. The van der Waals surface area contributed by atoms with Crippen LogP contribution in [0.1, 0.15) is 196 Å². The number of carboxylic acid groups (broad SMARTS) is 2. The molecule has 0 aromatic heterocycles. The van der Waals surface area contributed by atoms with Crippen LogP contribution in [0.15, 0.2) is 0 Å². The minimum absolute atomic E-state index is 0.149. The average Bonchev–Trinajstić information content (AvgIpc) is 3.02. The summed E-state index contributed by atoms with van der Waals surface area (Å²) in [4.78, 5) is 21.0. The van der Waals surface area contributed by atoms with Crippen molar-refractivity contribution in [1.29, 1.82) is 0 Å². The van der Waals surface area contributed by atoms with Gasteiger partial charge in [0.05, 0.1) is 11.9 Å². The van der Waals surface area contributed by atoms with Gasteiger partial charge < -0.3 is 19.8 Å². The monoisotopic (exact) mass is 780 g/mol. The second-order valence-corrected chi connectivity index (χ2v) is 19.7. The van der Waals surface area contributed by atoms with Gasteiger partial charge in [0, 0.05) is 10.5 Å². The molecule has 4 nitrogen and oxygen atoms in total. The van der Waals surface area contributed by atoms with Crippen LogP contribution < -0.4 is 10.2 Å². The topological polar surface area (TPSA) is 80.3 Å². The van der Waals surface area contributed by atoms with Crippen LogP contribution in [0, 0.1) is 0 Å². The minimum atomic E-state index is -0.938. The summed E-state index contributed by atoms with van der Waals surface area (Å²) >= 11 is 3.15. The molecule has 7 heteroatoms. The number of carboxylic acids is 2. The summed E-state index contributed by atoms with van der Waals surface area (Å²) in [5, 5.41) is 20.2. The predicted octanol–water partition coefficient (Wildman–Crippen LogP) is 10.7. The molecule has 0 aliphatic rings.